The van der Waals surface area contributed by atoms with Gasteiger partial charge in [-0.1, -0.05) is 40.2 Å². The zero-order chi connectivity index (χ0) is 13.9. The van der Waals surface area contributed by atoms with Crippen molar-refractivity contribution in [2.75, 3.05) is 11.9 Å². The summed E-state index contributed by atoms with van der Waals surface area (Å²) >= 11 is 3.63. The molecule has 2 aromatic carbocycles. The number of anilines is 1. The summed E-state index contributed by atoms with van der Waals surface area (Å²) in [6.07, 6.45) is 3.82. The molecule has 2 aromatic rings. The molecule has 1 saturated heterocycles. The van der Waals surface area contributed by atoms with E-state index < -0.39 is 0 Å². The van der Waals surface area contributed by atoms with Crippen molar-refractivity contribution in [1.29, 1.82) is 0 Å². The standard InChI is InChI=1S/C17H21BrN2/c1-12(11-13-5-4-10-19-13)20-17-9-8-16(18)14-6-2-3-7-15(14)17/h2-3,6-9,12-13,19-20H,4-5,10-11H2,1H3. The third-order valence-corrected chi connectivity index (χ3v) is 4.76. The van der Waals surface area contributed by atoms with Crippen LogP contribution in [0.5, 0.6) is 0 Å². The van der Waals surface area contributed by atoms with Crippen molar-refractivity contribution in [3.63, 3.8) is 0 Å². The lowest BCUT2D eigenvalue weighted by atomic mass is 10.0. The monoisotopic (exact) mass is 332 g/mol. The largest absolute Gasteiger partial charge is 0.382 e. The van der Waals surface area contributed by atoms with Crippen molar-refractivity contribution in [3.8, 4) is 0 Å². The molecule has 1 aliphatic heterocycles. The van der Waals surface area contributed by atoms with E-state index in [1.165, 1.54) is 42.3 Å². The topological polar surface area (TPSA) is 24.1 Å². The van der Waals surface area contributed by atoms with Gasteiger partial charge in [0.1, 0.15) is 0 Å². The van der Waals surface area contributed by atoms with Crippen LogP contribution in [-0.4, -0.2) is 18.6 Å². The van der Waals surface area contributed by atoms with Crippen molar-refractivity contribution in [3.05, 3.63) is 40.9 Å². The van der Waals surface area contributed by atoms with E-state index in [-0.39, 0.29) is 0 Å². The molecule has 1 aliphatic rings. The summed E-state index contributed by atoms with van der Waals surface area (Å²) < 4.78 is 1.16. The van der Waals surface area contributed by atoms with Crippen LogP contribution in [0.25, 0.3) is 10.8 Å². The average Bonchev–Trinajstić information content (AvgIpc) is 2.95. The fourth-order valence-electron chi connectivity index (χ4n) is 3.10. The SMILES string of the molecule is CC(CC1CCCN1)Nc1ccc(Br)c2ccccc12. The van der Waals surface area contributed by atoms with E-state index in [2.05, 4.69) is 69.9 Å². The second-order valence-corrected chi connectivity index (χ2v) is 6.57. The molecule has 2 unspecified atom stereocenters. The van der Waals surface area contributed by atoms with E-state index in [0.29, 0.717) is 12.1 Å². The Morgan fingerprint density at radius 3 is 2.80 bits per heavy atom. The van der Waals surface area contributed by atoms with Gasteiger partial charge >= 0.3 is 0 Å². The van der Waals surface area contributed by atoms with Gasteiger partial charge in [-0.15, -0.1) is 0 Å². The first-order chi connectivity index (χ1) is 9.74. The summed E-state index contributed by atoms with van der Waals surface area (Å²) in [6, 6.07) is 14.0. The van der Waals surface area contributed by atoms with Gasteiger partial charge in [0, 0.05) is 27.6 Å². The van der Waals surface area contributed by atoms with Gasteiger partial charge in [-0.2, -0.15) is 0 Å². The zero-order valence-corrected chi connectivity index (χ0v) is 13.4. The molecule has 3 rings (SSSR count). The highest BCUT2D eigenvalue weighted by Gasteiger charge is 2.17. The molecular formula is C17H21BrN2. The number of halogens is 1. The second-order valence-electron chi connectivity index (χ2n) is 5.71. The normalized spacial score (nSPS) is 20.2. The van der Waals surface area contributed by atoms with E-state index in [4.69, 9.17) is 0 Å². The van der Waals surface area contributed by atoms with E-state index in [0.717, 1.165) is 4.47 Å². The van der Waals surface area contributed by atoms with Gasteiger partial charge in [-0.05, 0) is 50.2 Å². The Morgan fingerprint density at radius 1 is 1.25 bits per heavy atom. The molecule has 2 nitrogen and oxygen atoms in total. The highest BCUT2D eigenvalue weighted by Crippen LogP contribution is 2.30. The van der Waals surface area contributed by atoms with Crippen molar-refractivity contribution in [2.45, 2.75) is 38.3 Å². The minimum Gasteiger partial charge on any atom is -0.382 e. The Balaban J connectivity index is 1.78. The molecule has 3 heteroatoms. The number of rotatable bonds is 4. The van der Waals surface area contributed by atoms with Crippen LogP contribution in [0.2, 0.25) is 0 Å². The first-order valence-corrected chi connectivity index (χ1v) is 8.20. The van der Waals surface area contributed by atoms with E-state index in [9.17, 15) is 0 Å². The molecule has 0 aromatic heterocycles. The van der Waals surface area contributed by atoms with Crippen LogP contribution in [0, 0.1) is 0 Å². The summed E-state index contributed by atoms with van der Waals surface area (Å²) in [5.41, 5.74) is 1.23. The third-order valence-electron chi connectivity index (χ3n) is 4.07. The molecule has 106 valence electrons. The number of hydrogen-bond donors (Lipinski definition) is 2. The molecule has 1 fully saturated rings. The molecule has 0 aliphatic carbocycles. The van der Waals surface area contributed by atoms with Crippen LogP contribution in [0.4, 0.5) is 5.69 Å². The minimum absolute atomic E-state index is 0.482. The van der Waals surface area contributed by atoms with E-state index in [1.807, 2.05) is 0 Å². The summed E-state index contributed by atoms with van der Waals surface area (Å²) in [6.45, 7) is 3.45. The quantitative estimate of drug-likeness (QED) is 0.858. The van der Waals surface area contributed by atoms with Crippen LogP contribution in [0.3, 0.4) is 0 Å². The summed E-state index contributed by atoms with van der Waals surface area (Å²) in [5, 5.41) is 9.80. The Hall–Kier alpha value is -1.06. The van der Waals surface area contributed by atoms with Crippen LogP contribution in [0.1, 0.15) is 26.2 Å². The molecule has 0 spiro atoms. The van der Waals surface area contributed by atoms with Crippen molar-refractivity contribution in [2.24, 2.45) is 0 Å². The third kappa shape index (κ3) is 2.99. The smallest absolute Gasteiger partial charge is 0.0422 e. The molecule has 2 N–H and O–H groups in total. The second kappa shape index (κ2) is 6.15. The fourth-order valence-corrected chi connectivity index (χ4v) is 3.58. The van der Waals surface area contributed by atoms with Crippen molar-refractivity contribution in [1.82, 2.24) is 5.32 Å². The van der Waals surface area contributed by atoms with Crippen LogP contribution in [0.15, 0.2) is 40.9 Å². The number of benzene rings is 2. The first-order valence-electron chi connectivity index (χ1n) is 7.41. The predicted octanol–water partition coefficient (Wildman–Crippen LogP) is 4.54. The first kappa shape index (κ1) is 13.9. The molecule has 0 radical (unpaired) electrons. The van der Waals surface area contributed by atoms with Crippen LogP contribution in [-0.2, 0) is 0 Å². The maximum absolute atomic E-state index is 3.68. The van der Waals surface area contributed by atoms with Crippen LogP contribution >= 0.6 is 15.9 Å². The molecule has 20 heavy (non-hydrogen) atoms. The summed E-state index contributed by atoms with van der Waals surface area (Å²) in [4.78, 5) is 0. The fraction of sp³-hybridized carbons (Fsp3) is 0.412. The molecular weight excluding hydrogens is 312 g/mol. The number of hydrogen-bond acceptors (Lipinski definition) is 2. The minimum atomic E-state index is 0.482. The molecule has 0 saturated carbocycles. The molecule has 0 amide bonds. The highest BCUT2D eigenvalue weighted by atomic mass is 79.9. The summed E-state index contributed by atoms with van der Waals surface area (Å²) in [5.74, 6) is 0. The lowest BCUT2D eigenvalue weighted by molar-refractivity contribution is 0.523. The van der Waals surface area contributed by atoms with Gasteiger partial charge in [0.15, 0.2) is 0 Å². The highest BCUT2D eigenvalue weighted by molar-refractivity contribution is 9.10. The Labute approximate surface area is 129 Å². The van der Waals surface area contributed by atoms with E-state index in [1.54, 1.807) is 0 Å². The summed E-state index contributed by atoms with van der Waals surface area (Å²) in [7, 11) is 0. The Morgan fingerprint density at radius 2 is 2.05 bits per heavy atom. The van der Waals surface area contributed by atoms with Crippen LogP contribution < -0.4 is 10.6 Å². The lowest BCUT2D eigenvalue weighted by Crippen LogP contribution is -2.29. The number of fused-ring (bicyclic) bond motifs is 1. The van der Waals surface area contributed by atoms with E-state index >= 15 is 0 Å². The van der Waals surface area contributed by atoms with Gasteiger partial charge < -0.3 is 10.6 Å². The van der Waals surface area contributed by atoms with Gasteiger partial charge in [0.2, 0.25) is 0 Å². The molecule has 0 bridgehead atoms. The lowest BCUT2D eigenvalue weighted by Gasteiger charge is -2.20. The predicted molar refractivity (Wildman–Crippen MR) is 90.4 cm³/mol. The Kier molecular flexibility index (Phi) is 4.27. The van der Waals surface area contributed by atoms with Gasteiger partial charge in [-0.25, -0.2) is 0 Å². The number of nitrogens with one attached hydrogen (secondary N) is 2. The van der Waals surface area contributed by atoms with Gasteiger partial charge in [0.05, 0.1) is 0 Å². The van der Waals surface area contributed by atoms with Gasteiger partial charge in [-0.3, -0.25) is 0 Å². The molecule has 1 heterocycles. The zero-order valence-electron chi connectivity index (χ0n) is 11.8. The Bertz CT molecular complexity index is 591. The van der Waals surface area contributed by atoms with Crippen molar-refractivity contribution >= 4 is 32.4 Å². The average molecular weight is 333 g/mol. The maximum Gasteiger partial charge on any atom is 0.0422 e. The molecule has 2 atom stereocenters. The van der Waals surface area contributed by atoms with Gasteiger partial charge in [0.25, 0.3) is 0 Å². The maximum atomic E-state index is 3.68. The van der Waals surface area contributed by atoms with Crippen molar-refractivity contribution < 1.29 is 0 Å².